The Kier molecular flexibility index (Phi) is 2.44. The smallest absolute Gasteiger partial charge is 0.193 e. The van der Waals surface area contributed by atoms with Crippen molar-refractivity contribution in [3.05, 3.63) is 16.1 Å². The van der Waals surface area contributed by atoms with Crippen LogP contribution in [0.2, 0.25) is 0 Å². The Balaban J connectivity index is 3.01. The van der Waals surface area contributed by atoms with Crippen LogP contribution in [0.25, 0.3) is 0 Å². The fourth-order valence-corrected chi connectivity index (χ4v) is 2.15. The summed E-state index contributed by atoms with van der Waals surface area (Å²) in [5.74, 6) is 0. The van der Waals surface area contributed by atoms with Crippen LogP contribution in [0.5, 0.6) is 0 Å². The number of hydrogen-bond acceptors (Lipinski definition) is 1. The van der Waals surface area contributed by atoms with Crippen molar-refractivity contribution >= 4 is 11.3 Å². The van der Waals surface area contributed by atoms with Gasteiger partial charge in [0, 0.05) is 6.42 Å². The summed E-state index contributed by atoms with van der Waals surface area (Å²) >= 11 is 1.84. The van der Waals surface area contributed by atoms with Crippen molar-refractivity contribution in [1.29, 1.82) is 0 Å². The summed E-state index contributed by atoms with van der Waals surface area (Å²) in [6, 6.07) is 0. The van der Waals surface area contributed by atoms with Crippen LogP contribution in [0.3, 0.4) is 0 Å². The Labute approximate surface area is 66.3 Å². The van der Waals surface area contributed by atoms with Gasteiger partial charge in [-0.1, -0.05) is 18.3 Å². The Morgan fingerprint density at radius 3 is 2.60 bits per heavy atom. The number of hydrogen-bond donors (Lipinski definition) is 0. The maximum atomic E-state index is 2.32. The first-order valence-electron chi connectivity index (χ1n) is 3.76. The summed E-state index contributed by atoms with van der Waals surface area (Å²) < 4.78 is 2.32. The van der Waals surface area contributed by atoms with E-state index in [-0.39, 0.29) is 0 Å². The molecular formula is C8H14NS+. The van der Waals surface area contributed by atoms with Gasteiger partial charge in [-0.3, -0.25) is 0 Å². The first-order chi connectivity index (χ1) is 4.79. The normalized spacial score (nSPS) is 10.3. The molecule has 0 radical (unpaired) electrons. The minimum Gasteiger partial charge on any atom is -0.193 e. The van der Waals surface area contributed by atoms with Crippen molar-refractivity contribution in [1.82, 2.24) is 0 Å². The van der Waals surface area contributed by atoms with E-state index in [1.165, 1.54) is 10.6 Å². The number of nitrogens with zero attached hydrogens (tertiary/aromatic N) is 1. The van der Waals surface area contributed by atoms with Crippen LogP contribution >= 0.6 is 11.3 Å². The Morgan fingerprint density at radius 2 is 2.20 bits per heavy atom. The monoisotopic (exact) mass is 156 g/mol. The molecule has 0 aliphatic heterocycles. The first-order valence-corrected chi connectivity index (χ1v) is 4.64. The van der Waals surface area contributed by atoms with Gasteiger partial charge in [0.2, 0.25) is 5.51 Å². The van der Waals surface area contributed by atoms with Crippen LogP contribution in [-0.4, -0.2) is 0 Å². The summed E-state index contributed by atoms with van der Waals surface area (Å²) in [5.41, 5.74) is 3.70. The quantitative estimate of drug-likeness (QED) is 0.576. The third-order valence-corrected chi connectivity index (χ3v) is 2.73. The lowest BCUT2D eigenvalue weighted by molar-refractivity contribution is -0.696. The van der Waals surface area contributed by atoms with Crippen LogP contribution < -0.4 is 4.57 Å². The lowest BCUT2D eigenvalue weighted by Gasteiger charge is -1.90. The third kappa shape index (κ3) is 1.21. The second-order valence-corrected chi connectivity index (χ2v) is 3.42. The number of aromatic nitrogens is 1. The van der Waals surface area contributed by atoms with Gasteiger partial charge in [-0.15, -0.1) is 0 Å². The average Bonchev–Trinajstić information content (AvgIpc) is 2.30. The van der Waals surface area contributed by atoms with Crippen LogP contribution in [0, 0.1) is 6.92 Å². The predicted molar refractivity (Wildman–Crippen MR) is 44.3 cm³/mol. The lowest BCUT2D eigenvalue weighted by Crippen LogP contribution is -2.33. The molecule has 0 saturated carbocycles. The third-order valence-electron chi connectivity index (χ3n) is 1.79. The molecule has 0 N–H and O–H groups in total. The van der Waals surface area contributed by atoms with E-state index in [9.17, 15) is 0 Å². The molecule has 0 fully saturated rings. The minimum absolute atomic E-state index is 1.10. The molecule has 2 heteroatoms. The maximum Gasteiger partial charge on any atom is 0.225 e. The Hall–Kier alpha value is -0.370. The molecule has 0 unspecified atom stereocenters. The van der Waals surface area contributed by atoms with E-state index in [1.807, 2.05) is 11.3 Å². The van der Waals surface area contributed by atoms with Gasteiger partial charge in [0.05, 0.1) is 4.88 Å². The predicted octanol–water partition coefficient (Wildman–Crippen LogP) is 1.93. The van der Waals surface area contributed by atoms with E-state index in [0.717, 1.165) is 13.0 Å². The molecule has 1 aromatic rings. The summed E-state index contributed by atoms with van der Waals surface area (Å²) in [4.78, 5) is 1.46. The first kappa shape index (κ1) is 7.73. The lowest BCUT2D eigenvalue weighted by atomic mass is 10.3. The van der Waals surface area contributed by atoms with Crippen molar-refractivity contribution in [2.45, 2.75) is 33.7 Å². The van der Waals surface area contributed by atoms with Gasteiger partial charge >= 0.3 is 0 Å². The highest BCUT2D eigenvalue weighted by atomic mass is 32.1. The minimum atomic E-state index is 1.10. The van der Waals surface area contributed by atoms with Crippen LogP contribution in [-0.2, 0) is 13.0 Å². The molecule has 0 amide bonds. The van der Waals surface area contributed by atoms with Gasteiger partial charge in [-0.2, -0.15) is 4.57 Å². The number of rotatable bonds is 2. The highest BCUT2D eigenvalue weighted by Gasteiger charge is 2.11. The molecule has 0 aliphatic rings. The average molecular weight is 156 g/mol. The summed E-state index contributed by atoms with van der Waals surface area (Å²) in [6.45, 7) is 7.69. The van der Waals surface area contributed by atoms with Crippen molar-refractivity contribution in [3.8, 4) is 0 Å². The van der Waals surface area contributed by atoms with Gasteiger partial charge in [0.25, 0.3) is 0 Å². The summed E-state index contributed by atoms with van der Waals surface area (Å²) in [7, 11) is 0. The van der Waals surface area contributed by atoms with Gasteiger partial charge in [-0.05, 0) is 13.8 Å². The fourth-order valence-electron chi connectivity index (χ4n) is 1.19. The van der Waals surface area contributed by atoms with Gasteiger partial charge in [-0.25, -0.2) is 0 Å². The van der Waals surface area contributed by atoms with Crippen molar-refractivity contribution in [2.24, 2.45) is 0 Å². The van der Waals surface area contributed by atoms with E-state index in [1.54, 1.807) is 0 Å². The number of aryl methyl sites for hydroxylation is 2. The molecule has 56 valence electrons. The van der Waals surface area contributed by atoms with Crippen LogP contribution in [0.1, 0.15) is 24.4 Å². The molecular weight excluding hydrogens is 142 g/mol. The zero-order valence-electron chi connectivity index (χ0n) is 6.85. The molecule has 0 spiro atoms. The van der Waals surface area contributed by atoms with Crippen molar-refractivity contribution in [3.63, 3.8) is 0 Å². The summed E-state index contributed by atoms with van der Waals surface area (Å²) in [6.07, 6.45) is 1.16. The molecule has 1 aromatic heterocycles. The van der Waals surface area contributed by atoms with E-state index in [0.29, 0.717) is 0 Å². The molecule has 0 aromatic carbocycles. The molecule has 0 bridgehead atoms. The Morgan fingerprint density at radius 1 is 1.50 bits per heavy atom. The molecule has 1 rings (SSSR count). The van der Waals surface area contributed by atoms with E-state index in [2.05, 4.69) is 30.8 Å². The second-order valence-electron chi connectivity index (χ2n) is 2.37. The highest BCUT2D eigenvalue weighted by molar-refractivity contribution is 7.09. The topological polar surface area (TPSA) is 3.88 Å². The molecule has 10 heavy (non-hydrogen) atoms. The molecule has 1 heterocycles. The molecule has 0 aliphatic carbocycles. The fraction of sp³-hybridized carbons (Fsp3) is 0.625. The van der Waals surface area contributed by atoms with Crippen LogP contribution in [0.15, 0.2) is 5.51 Å². The highest BCUT2D eigenvalue weighted by Crippen LogP contribution is 2.09. The van der Waals surface area contributed by atoms with E-state index < -0.39 is 0 Å². The second kappa shape index (κ2) is 3.15. The van der Waals surface area contributed by atoms with Gasteiger partial charge < -0.3 is 0 Å². The number of thiazole rings is 1. The Bertz CT molecular complexity index is 215. The van der Waals surface area contributed by atoms with Crippen molar-refractivity contribution < 1.29 is 4.57 Å². The van der Waals surface area contributed by atoms with Crippen LogP contribution in [0.4, 0.5) is 0 Å². The van der Waals surface area contributed by atoms with Crippen molar-refractivity contribution in [2.75, 3.05) is 0 Å². The maximum absolute atomic E-state index is 2.32. The van der Waals surface area contributed by atoms with E-state index >= 15 is 0 Å². The molecule has 1 nitrogen and oxygen atoms in total. The summed E-state index contributed by atoms with van der Waals surface area (Å²) in [5, 5.41) is 0. The van der Waals surface area contributed by atoms with Gasteiger partial charge in [0.15, 0.2) is 5.69 Å². The molecule has 0 saturated heterocycles. The largest absolute Gasteiger partial charge is 0.225 e. The molecule has 0 atom stereocenters. The zero-order chi connectivity index (χ0) is 7.56. The SMILES string of the molecule is CCc1c(C)sc[n+]1CC. The van der Waals surface area contributed by atoms with Gasteiger partial charge in [0.1, 0.15) is 6.54 Å². The zero-order valence-corrected chi connectivity index (χ0v) is 7.66. The standard InChI is InChI=1S/C8H14NS/c1-4-8-7(3)10-6-9(8)5-2/h6H,4-5H2,1-3H3/q+1. The van der Waals surface area contributed by atoms with E-state index in [4.69, 9.17) is 0 Å².